The molecule has 1 aromatic rings. The molecule has 0 aromatic carbocycles. The predicted octanol–water partition coefficient (Wildman–Crippen LogP) is 2.14. The molecule has 2 amide bonds. The molecule has 2 N–H and O–H groups in total. The molecule has 2 rings (SSSR count). The second-order valence-corrected chi connectivity index (χ2v) is 7.03. The number of nitrogens with zero attached hydrogens (tertiary/aromatic N) is 3. The van der Waals surface area contributed by atoms with E-state index in [4.69, 9.17) is 10.5 Å². The van der Waals surface area contributed by atoms with Crippen molar-refractivity contribution in [3.63, 3.8) is 0 Å². The smallest absolute Gasteiger partial charge is 0.321 e. The first-order chi connectivity index (χ1) is 8.39. The largest absolute Gasteiger partial charge is 0.375 e. The molecule has 6 nitrogen and oxygen atoms in total. The molecule has 2 heterocycles. The van der Waals surface area contributed by atoms with Crippen molar-refractivity contribution < 1.29 is 9.53 Å². The van der Waals surface area contributed by atoms with Gasteiger partial charge < -0.3 is 10.5 Å². The summed E-state index contributed by atoms with van der Waals surface area (Å²) in [5.74, 6) is 0. The number of carbonyl (C=O) groups is 1. The summed E-state index contributed by atoms with van der Waals surface area (Å²) in [5, 5.41) is 8.35. The fourth-order valence-corrected chi connectivity index (χ4v) is 3.31. The number of hydrogen-bond donors (Lipinski definition) is 1. The summed E-state index contributed by atoms with van der Waals surface area (Å²) >= 11 is 4.53. The number of anilines is 1. The van der Waals surface area contributed by atoms with Gasteiger partial charge in [-0.25, -0.2) is 4.79 Å². The molecule has 0 aliphatic carbocycles. The Hall–Kier alpha value is -0.730. The average molecular weight is 335 g/mol. The van der Waals surface area contributed by atoms with Crippen molar-refractivity contribution in [3.05, 3.63) is 3.92 Å². The van der Waals surface area contributed by atoms with E-state index in [2.05, 4.69) is 26.1 Å². The van der Waals surface area contributed by atoms with E-state index in [1.54, 1.807) is 0 Å². The Kier molecular flexibility index (Phi) is 3.88. The van der Waals surface area contributed by atoms with E-state index in [1.165, 1.54) is 16.2 Å². The Labute approximate surface area is 118 Å². The number of carbonyl (C=O) groups excluding carboxylic acids is 1. The monoisotopic (exact) mass is 334 g/mol. The Morgan fingerprint density at radius 1 is 1.61 bits per heavy atom. The summed E-state index contributed by atoms with van der Waals surface area (Å²) in [7, 11) is 0. The average Bonchev–Trinajstić information content (AvgIpc) is 2.63. The van der Waals surface area contributed by atoms with Gasteiger partial charge in [0.1, 0.15) is 0 Å². The van der Waals surface area contributed by atoms with Gasteiger partial charge >= 0.3 is 6.03 Å². The molecule has 1 atom stereocenters. The molecule has 0 radical (unpaired) electrons. The van der Waals surface area contributed by atoms with Crippen LogP contribution >= 0.6 is 27.3 Å². The van der Waals surface area contributed by atoms with Crippen molar-refractivity contribution in [2.24, 2.45) is 5.73 Å². The van der Waals surface area contributed by atoms with E-state index in [-0.39, 0.29) is 11.6 Å². The minimum Gasteiger partial charge on any atom is -0.375 e. The molecule has 8 heteroatoms. The minimum absolute atomic E-state index is 0.00565. The van der Waals surface area contributed by atoms with Gasteiger partial charge in [0.25, 0.3) is 0 Å². The Morgan fingerprint density at radius 3 is 2.83 bits per heavy atom. The maximum atomic E-state index is 11.7. The molecular formula is C10H15BrN4O2S. The van der Waals surface area contributed by atoms with Crippen LogP contribution in [0.4, 0.5) is 9.93 Å². The van der Waals surface area contributed by atoms with E-state index < -0.39 is 6.03 Å². The first-order valence-electron chi connectivity index (χ1n) is 5.61. The molecule has 0 saturated carbocycles. The van der Waals surface area contributed by atoms with E-state index in [0.717, 1.165) is 12.8 Å². The van der Waals surface area contributed by atoms with Crippen molar-refractivity contribution in [2.75, 3.05) is 11.5 Å². The second kappa shape index (κ2) is 5.10. The van der Waals surface area contributed by atoms with Crippen LogP contribution in [0.15, 0.2) is 3.92 Å². The zero-order valence-electron chi connectivity index (χ0n) is 10.2. The van der Waals surface area contributed by atoms with Crippen molar-refractivity contribution in [1.82, 2.24) is 10.2 Å². The molecule has 1 fully saturated rings. The number of urea groups is 1. The van der Waals surface area contributed by atoms with E-state index in [0.29, 0.717) is 15.7 Å². The summed E-state index contributed by atoms with van der Waals surface area (Å²) in [5.41, 5.74) is 5.22. The van der Waals surface area contributed by atoms with Crippen LogP contribution in [-0.4, -0.2) is 34.5 Å². The van der Waals surface area contributed by atoms with E-state index in [9.17, 15) is 4.79 Å². The quantitative estimate of drug-likeness (QED) is 0.898. The lowest BCUT2D eigenvalue weighted by Gasteiger charge is -2.39. The van der Waals surface area contributed by atoms with Gasteiger partial charge in [-0.05, 0) is 42.6 Å². The summed E-state index contributed by atoms with van der Waals surface area (Å²) in [4.78, 5) is 13.2. The van der Waals surface area contributed by atoms with Crippen LogP contribution < -0.4 is 10.6 Å². The number of rotatable bonds is 2. The maximum Gasteiger partial charge on any atom is 0.321 e. The van der Waals surface area contributed by atoms with Crippen molar-refractivity contribution in [2.45, 2.75) is 38.3 Å². The summed E-state index contributed by atoms with van der Waals surface area (Å²) in [6.45, 7) is 4.63. The predicted molar refractivity (Wildman–Crippen MR) is 72.7 cm³/mol. The molecule has 18 heavy (non-hydrogen) atoms. The van der Waals surface area contributed by atoms with Crippen LogP contribution in [0.3, 0.4) is 0 Å². The normalized spacial score (nSPS) is 22.7. The molecule has 100 valence electrons. The molecular weight excluding hydrogens is 320 g/mol. The molecule has 0 bridgehead atoms. The third kappa shape index (κ3) is 2.99. The first kappa shape index (κ1) is 13.7. The third-order valence-corrected chi connectivity index (χ3v) is 4.22. The van der Waals surface area contributed by atoms with Crippen LogP contribution in [0.5, 0.6) is 0 Å². The van der Waals surface area contributed by atoms with Crippen LogP contribution in [0, 0.1) is 0 Å². The molecule has 1 unspecified atom stereocenters. The fourth-order valence-electron chi connectivity index (χ4n) is 2.15. The number of primary amides is 1. The maximum absolute atomic E-state index is 11.7. The highest BCUT2D eigenvalue weighted by atomic mass is 79.9. The summed E-state index contributed by atoms with van der Waals surface area (Å²) < 4.78 is 6.28. The summed E-state index contributed by atoms with van der Waals surface area (Å²) in [6.07, 6.45) is 1.48. The van der Waals surface area contributed by atoms with Gasteiger partial charge in [0.2, 0.25) is 5.13 Å². The van der Waals surface area contributed by atoms with Crippen LogP contribution in [0.2, 0.25) is 0 Å². The lowest BCUT2D eigenvalue weighted by molar-refractivity contribution is -0.0578. The standard InChI is InChI=1S/C10H15BrN4O2S/c1-10(2)5-6(3-4-17-10)15(8(12)16)9-14-13-7(11)18-9/h6H,3-5H2,1-2H3,(H2,12,16). The van der Waals surface area contributed by atoms with Gasteiger partial charge in [-0.1, -0.05) is 11.3 Å². The highest BCUT2D eigenvalue weighted by molar-refractivity contribution is 9.11. The molecule has 1 aliphatic heterocycles. The highest BCUT2D eigenvalue weighted by Crippen LogP contribution is 2.32. The zero-order chi connectivity index (χ0) is 13.3. The van der Waals surface area contributed by atoms with Gasteiger partial charge in [-0.3, -0.25) is 4.90 Å². The Bertz CT molecular complexity index is 451. The SMILES string of the molecule is CC1(C)CC(N(C(N)=O)c2nnc(Br)s2)CCO1. The third-order valence-electron chi connectivity index (χ3n) is 2.87. The number of hydrogen-bond acceptors (Lipinski definition) is 5. The lowest BCUT2D eigenvalue weighted by atomic mass is 9.93. The fraction of sp³-hybridized carbons (Fsp3) is 0.700. The molecule has 1 saturated heterocycles. The van der Waals surface area contributed by atoms with Gasteiger partial charge in [-0.2, -0.15) is 0 Å². The van der Waals surface area contributed by atoms with Gasteiger partial charge in [0, 0.05) is 12.6 Å². The second-order valence-electron chi connectivity index (χ2n) is 4.80. The van der Waals surface area contributed by atoms with Gasteiger partial charge in [0.15, 0.2) is 3.92 Å². The van der Waals surface area contributed by atoms with E-state index >= 15 is 0 Å². The Balaban J connectivity index is 2.23. The minimum atomic E-state index is -0.499. The van der Waals surface area contributed by atoms with Crippen molar-refractivity contribution in [1.29, 1.82) is 0 Å². The molecule has 1 aromatic heterocycles. The van der Waals surface area contributed by atoms with Gasteiger partial charge in [-0.15, -0.1) is 10.2 Å². The van der Waals surface area contributed by atoms with Crippen molar-refractivity contribution >= 4 is 38.4 Å². The van der Waals surface area contributed by atoms with Crippen LogP contribution in [0.1, 0.15) is 26.7 Å². The summed E-state index contributed by atoms with van der Waals surface area (Å²) in [6, 6.07) is -0.493. The Morgan fingerprint density at radius 2 is 2.33 bits per heavy atom. The van der Waals surface area contributed by atoms with Gasteiger partial charge in [0.05, 0.1) is 5.60 Å². The van der Waals surface area contributed by atoms with Crippen LogP contribution in [-0.2, 0) is 4.74 Å². The number of aromatic nitrogens is 2. The molecule has 0 spiro atoms. The van der Waals surface area contributed by atoms with E-state index in [1.807, 2.05) is 13.8 Å². The zero-order valence-corrected chi connectivity index (χ0v) is 12.6. The van der Waals surface area contributed by atoms with Crippen LogP contribution in [0.25, 0.3) is 0 Å². The topological polar surface area (TPSA) is 81.3 Å². The number of nitrogens with two attached hydrogens (primary N) is 1. The van der Waals surface area contributed by atoms with Crippen molar-refractivity contribution in [3.8, 4) is 0 Å². The molecule has 1 aliphatic rings. The number of amides is 2. The lowest BCUT2D eigenvalue weighted by Crippen LogP contribution is -2.50. The number of halogens is 1. The number of ether oxygens (including phenoxy) is 1. The first-order valence-corrected chi connectivity index (χ1v) is 7.21. The highest BCUT2D eigenvalue weighted by Gasteiger charge is 2.35.